The Kier molecular flexibility index (Phi) is 6.55. The molecule has 7 nitrogen and oxygen atoms in total. The summed E-state index contributed by atoms with van der Waals surface area (Å²) >= 11 is 1.70. The van der Waals surface area contributed by atoms with Gasteiger partial charge in [-0.1, -0.05) is 48.0 Å². The predicted octanol–water partition coefficient (Wildman–Crippen LogP) is 5.43. The average molecular weight is 499 g/mol. The average Bonchev–Trinajstić information content (AvgIpc) is 3.53. The molecule has 0 aliphatic carbocycles. The number of H-pyrrole nitrogens is 1. The van der Waals surface area contributed by atoms with E-state index in [9.17, 15) is 4.79 Å². The zero-order valence-electron chi connectivity index (χ0n) is 21.0. The summed E-state index contributed by atoms with van der Waals surface area (Å²) in [6, 6.07) is 22.1. The number of nitrogens with one attached hydrogen (secondary N) is 1. The van der Waals surface area contributed by atoms with Crippen LogP contribution in [0.1, 0.15) is 54.2 Å². The van der Waals surface area contributed by atoms with Crippen molar-refractivity contribution in [2.24, 2.45) is 0 Å². The molecule has 5 aromatic rings. The lowest BCUT2D eigenvalue weighted by molar-refractivity contribution is 0.186. The van der Waals surface area contributed by atoms with Crippen molar-refractivity contribution in [1.82, 2.24) is 30.1 Å². The van der Waals surface area contributed by atoms with Gasteiger partial charge in [0.1, 0.15) is 6.04 Å². The summed E-state index contributed by atoms with van der Waals surface area (Å²) in [5.41, 5.74) is 3.23. The molecule has 0 unspecified atom stereocenters. The number of tetrazole rings is 1. The zero-order chi connectivity index (χ0) is 25.3. The standard InChI is InChI=1S/C28H30N6OS/c1-19-12-13-24-21(15-19)16-23(27(35)29-24)25(26-30-31-32-34(26)28(2,3)4)33(18-22-11-8-14-36-22)17-20-9-6-5-7-10-20/h5-16,25H,17-18H2,1-4H3,(H,29,35)/t25-/m1/s1. The monoisotopic (exact) mass is 498 g/mol. The van der Waals surface area contributed by atoms with Gasteiger partial charge in [-0.2, -0.15) is 0 Å². The topological polar surface area (TPSA) is 79.7 Å². The number of thiophene rings is 1. The summed E-state index contributed by atoms with van der Waals surface area (Å²) in [4.78, 5) is 20.2. The molecule has 0 aliphatic heterocycles. The number of nitrogens with zero attached hydrogens (tertiary/aromatic N) is 5. The molecule has 0 spiro atoms. The van der Waals surface area contributed by atoms with E-state index in [2.05, 4.69) is 88.8 Å². The third-order valence-electron chi connectivity index (χ3n) is 6.23. The minimum Gasteiger partial charge on any atom is -0.322 e. The fourth-order valence-corrected chi connectivity index (χ4v) is 5.28. The molecule has 0 saturated heterocycles. The van der Waals surface area contributed by atoms with E-state index in [-0.39, 0.29) is 11.1 Å². The van der Waals surface area contributed by atoms with Crippen LogP contribution < -0.4 is 5.56 Å². The van der Waals surface area contributed by atoms with Crippen LogP contribution in [0.5, 0.6) is 0 Å². The minimum atomic E-state index is -0.463. The molecular weight excluding hydrogens is 468 g/mol. The molecule has 1 atom stereocenters. The molecule has 0 saturated carbocycles. The second-order valence-electron chi connectivity index (χ2n) is 10.1. The van der Waals surface area contributed by atoms with Crippen LogP contribution in [0, 0.1) is 6.92 Å². The van der Waals surface area contributed by atoms with E-state index in [1.165, 1.54) is 4.88 Å². The first-order valence-electron chi connectivity index (χ1n) is 12.0. The molecule has 2 aromatic carbocycles. The van der Waals surface area contributed by atoms with Crippen LogP contribution in [0.15, 0.2) is 76.9 Å². The van der Waals surface area contributed by atoms with Crippen molar-refractivity contribution in [3.63, 3.8) is 0 Å². The highest BCUT2D eigenvalue weighted by molar-refractivity contribution is 7.09. The molecule has 5 rings (SSSR count). The van der Waals surface area contributed by atoms with Gasteiger partial charge in [-0.15, -0.1) is 16.4 Å². The molecule has 1 N–H and O–H groups in total. The highest BCUT2D eigenvalue weighted by Crippen LogP contribution is 2.32. The smallest absolute Gasteiger partial charge is 0.253 e. The van der Waals surface area contributed by atoms with Crippen molar-refractivity contribution >= 4 is 22.2 Å². The van der Waals surface area contributed by atoms with Crippen molar-refractivity contribution in [2.75, 3.05) is 0 Å². The quantitative estimate of drug-likeness (QED) is 0.324. The molecule has 0 radical (unpaired) electrons. The second kappa shape index (κ2) is 9.79. The maximum atomic E-state index is 13.6. The fourth-order valence-electron chi connectivity index (χ4n) is 4.55. The molecule has 0 fully saturated rings. The number of hydrogen-bond acceptors (Lipinski definition) is 6. The second-order valence-corrected chi connectivity index (χ2v) is 11.2. The normalized spacial score (nSPS) is 12.9. The van der Waals surface area contributed by atoms with Gasteiger partial charge in [0.15, 0.2) is 5.82 Å². The summed E-state index contributed by atoms with van der Waals surface area (Å²) in [7, 11) is 0. The van der Waals surface area contributed by atoms with Gasteiger partial charge >= 0.3 is 0 Å². The summed E-state index contributed by atoms with van der Waals surface area (Å²) < 4.78 is 1.84. The number of rotatable bonds is 7. The molecule has 3 heterocycles. The van der Waals surface area contributed by atoms with Crippen molar-refractivity contribution in [2.45, 2.75) is 52.4 Å². The third-order valence-corrected chi connectivity index (χ3v) is 7.09. The fraction of sp³-hybridized carbons (Fsp3) is 0.286. The minimum absolute atomic E-state index is 0.135. The lowest BCUT2D eigenvalue weighted by atomic mass is 10.00. The van der Waals surface area contributed by atoms with Crippen LogP contribution >= 0.6 is 11.3 Å². The van der Waals surface area contributed by atoms with Gasteiger partial charge in [0.25, 0.3) is 5.56 Å². The SMILES string of the molecule is Cc1ccc2[nH]c(=O)c([C@H](c3nnnn3C(C)(C)C)N(Cc3ccccc3)Cc3cccs3)cc2c1. The number of pyridine rings is 1. The highest BCUT2D eigenvalue weighted by atomic mass is 32.1. The van der Waals surface area contributed by atoms with Gasteiger partial charge in [-0.25, -0.2) is 4.68 Å². The van der Waals surface area contributed by atoms with Crippen LogP contribution in [0.4, 0.5) is 0 Å². The summed E-state index contributed by atoms with van der Waals surface area (Å²) in [5.74, 6) is 0.646. The van der Waals surface area contributed by atoms with E-state index in [1.54, 1.807) is 11.3 Å². The zero-order valence-corrected chi connectivity index (χ0v) is 21.8. The molecule has 8 heteroatoms. The first-order valence-corrected chi connectivity index (χ1v) is 12.9. The summed E-state index contributed by atoms with van der Waals surface area (Å²) in [5, 5.41) is 16.0. The Bertz CT molecular complexity index is 1520. The van der Waals surface area contributed by atoms with E-state index in [4.69, 9.17) is 0 Å². The number of benzene rings is 2. The number of fused-ring (bicyclic) bond motifs is 1. The van der Waals surface area contributed by atoms with Crippen LogP contribution in [0.25, 0.3) is 10.9 Å². The molecule has 0 amide bonds. The van der Waals surface area contributed by atoms with Gasteiger partial charge < -0.3 is 4.98 Å². The van der Waals surface area contributed by atoms with E-state index < -0.39 is 6.04 Å². The van der Waals surface area contributed by atoms with Gasteiger partial charge in [0, 0.05) is 29.0 Å². The number of aromatic nitrogens is 5. The Morgan fingerprint density at radius 1 is 1.03 bits per heavy atom. The molecule has 3 aromatic heterocycles. The van der Waals surface area contributed by atoms with E-state index in [1.807, 2.05) is 41.1 Å². The number of aromatic amines is 1. The Balaban J connectivity index is 1.73. The maximum absolute atomic E-state index is 13.6. The number of aryl methyl sites for hydroxylation is 1. The van der Waals surface area contributed by atoms with Gasteiger partial charge in [-0.05, 0) is 78.7 Å². The van der Waals surface area contributed by atoms with E-state index in [0.29, 0.717) is 24.5 Å². The van der Waals surface area contributed by atoms with Crippen LogP contribution in [0.2, 0.25) is 0 Å². The molecule has 36 heavy (non-hydrogen) atoms. The van der Waals surface area contributed by atoms with Crippen molar-refractivity contribution in [3.8, 4) is 0 Å². The Morgan fingerprint density at radius 3 is 2.56 bits per heavy atom. The van der Waals surface area contributed by atoms with Gasteiger partial charge in [-0.3, -0.25) is 9.69 Å². The Hall–Kier alpha value is -3.62. The first-order chi connectivity index (χ1) is 17.3. The molecular formula is C28H30N6OS. The third kappa shape index (κ3) is 5.01. The van der Waals surface area contributed by atoms with E-state index >= 15 is 0 Å². The highest BCUT2D eigenvalue weighted by Gasteiger charge is 2.33. The van der Waals surface area contributed by atoms with Gasteiger partial charge in [0.05, 0.1) is 5.54 Å². The van der Waals surface area contributed by atoms with Crippen molar-refractivity contribution in [3.05, 3.63) is 110 Å². The van der Waals surface area contributed by atoms with E-state index in [0.717, 1.165) is 22.0 Å². The molecule has 184 valence electrons. The van der Waals surface area contributed by atoms with Crippen molar-refractivity contribution < 1.29 is 0 Å². The maximum Gasteiger partial charge on any atom is 0.253 e. The molecule has 0 aliphatic rings. The van der Waals surface area contributed by atoms with Crippen molar-refractivity contribution in [1.29, 1.82) is 0 Å². The van der Waals surface area contributed by atoms with Crippen LogP contribution in [0.3, 0.4) is 0 Å². The lowest BCUT2D eigenvalue weighted by Gasteiger charge is -2.32. The summed E-state index contributed by atoms with van der Waals surface area (Å²) in [6.45, 7) is 9.54. The van der Waals surface area contributed by atoms with Crippen LogP contribution in [-0.2, 0) is 18.6 Å². The first kappa shape index (κ1) is 24.1. The largest absolute Gasteiger partial charge is 0.322 e. The summed E-state index contributed by atoms with van der Waals surface area (Å²) in [6.07, 6.45) is 0. The predicted molar refractivity (Wildman–Crippen MR) is 144 cm³/mol. The Morgan fingerprint density at radius 2 is 1.83 bits per heavy atom. The number of hydrogen-bond donors (Lipinski definition) is 1. The Labute approximate surface area is 214 Å². The van der Waals surface area contributed by atoms with Gasteiger partial charge in [0.2, 0.25) is 0 Å². The molecule has 0 bridgehead atoms. The lowest BCUT2D eigenvalue weighted by Crippen LogP contribution is -2.37. The van der Waals surface area contributed by atoms with Crippen LogP contribution in [-0.4, -0.2) is 30.1 Å².